The standard InChI is InChI=1S/C26H29ClFN5O5/c1-15-13-32(24(34)38-26(2,3)4)9-10-33(15)25(35)37-21-11-16-19(12-20(21)36-5)29-14-30-23(16)31-18-8-6-7-17(27)22(18)28/h6-8,11-12,14-15H,9-10,13H2,1-5H3,(H,29,30,31). The zero-order valence-electron chi connectivity index (χ0n) is 21.7. The first-order valence-corrected chi connectivity index (χ1v) is 12.3. The van der Waals surface area contributed by atoms with E-state index in [0.717, 1.165) is 0 Å². The van der Waals surface area contributed by atoms with Crippen molar-refractivity contribution in [2.75, 3.05) is 32.1 Å². The topological polar surface area (TPSA) is 106 Å². The van der Waals surface area contributed by atoms with Crippen LogP contribution in [0.3, 0.4) is 0 Å². The van der Waals surface area contributed by atoms with Crippen molar-refractivity contribution in [2.45, 2.75) is 39.3 Å². The van der Waals surface area contributed by atoms with Gasteiger partial charge in [0.15, 0.2) is 17.3 Å². The summed E-state index contributed by atoms with van der Waals surface area (Å²) in [6.45, 7) is 8.09. The number of piperazine rings is 1. The largest absolute Gasteiger partial charge is 0.493 e. The Balaban J connectivity index is 1.55. The maximum absolute atomic E-state index is 14.5. The van der Waals surface area contributed by atoms with E-state index in [1.807, 2.05) is 6.92 Å². The summed E-state index contributed by atoms with van der Waals surface area (Å²) in [6.07, 6.45) is 0.292. The van der Waals surface area contributed by atoms with Gasteiger partial charge in [0, 0.05) is 31.1 Å². The number of halogens is 2. The lowest BCUT2D eigenvalue weighted by molar-refractivity contribution is 0.00782. The highest BCUT2D eigenvalue weighted by Gasteiger charge is 2.33. The third kappa shape index (κ3) is 5.99. The van der Waals surface area contributed by atoms with E-state index in [2.05, 4.69) is 15.3 Å². The molecular formula is C26H29ClFN5O5. The predicted octanol–water partition coefficient (Wildman–Crippen LogP) is 5.61. The number of ether oxygens (including phenoxy) is 3. The highest BCUT2D eigenvalue weighted by atomic mass is 35.5. The van der Waals surface area contributed by atoms with Crippen LogP contribution in [0.1, 0.15) is 27.7 Å². The number of hydrogen-bond donors (Lipinski definition) is 1. The minimum atomic E-state index is -0.624. The summed E-state index contributed by atoms with van der Waals surface area (Å²) < 4.78 is 31.1. The third-order valence-electron chi connectivity index (χ3n) is 5.84. The van der Waals surface area contributed by atoms with E-state index < -0.39 is 23.6 Å². The van der Waals surface area contributed by atoms with Gasteiger partial charge in [-0.1, -0.05) is 17.7 Å². The molecule has 3 aromatic rings. The number of carbonyl (C=O) groups is 2. The molecule has 0 spiro atoms. The minimum absolute atomic E-state index is 0.0365. The second kappa shape index (κ2) is 10.9. The maximum atomic E-state index is 14.5. The second-order valence-corrected chi connectivity index (χ2v) is 10.2. The summed E-state index contributed by atoms with van der Waals surface area (Å²) in [4.78, 5) is 37.2. The summed E-state index contributed by atoms with van der Waals surface area (Å²) in [7, 11) is 1.45. The molecule has 2 amide bonds. The number of methoxy groups -OCH3 is 1. The molecule has 1 atom stereocenters. The fourth-order valence-electron chi connectivity index (χ4n) is 4.00. The molecule has 0 bridgehead atoms. The first-order valence-electron chi connectivity index (χ1n) is 12.0. The lowest BCUT2D eigenvalue weighted by atomic mass is 10.2. The molecule has 1 unspecified atom stereocenters. The normalized spacial score (nSPS) is 15.8. The van der Waals surface area contributed by atoms with Gasteiger partial charge in [-0.05, 0) is 45.9 Å². The molecule has 2 heterocycles. The molecule has 0 saturated carbocycles. The smallest absolute Gasteiger partial charge is 0.415 e. The van der Waals surface area contributed by atoms with Gasteiger partial charge in [-0.15, -0.1) is 0 Å². The number of nitrogens with zero attached hydrogens (tertiary/aromatic N) is 4. The lowest BCUT2D eigenvalue weighted by Crippen LogP contribution is -2.56. The van der Waals surface area contributed by atoms with Crippen LogP contribution in [0.5, 0.6) is 11.5 Å². The number of carbonyl (C=O) groups excluding carboxylic acids is 2. The zero-order valence-corrected chi connectivity index (χ0v) is 22.5. The molecule has 0 aliphatic carbocycles. The average molecular weight is 546 g/mol. The van der Waals surface area contributed by atoms with Crippen LogP contribution in [-0.4, -0.2) is 70.3 Å². The molecule has 1 N–H and O–H groups in total. The van der Waals surface area contributed by atoms with Crippen LogP contribution in [0, 0.1) is 5.82 Å². The number of hydrogen-bond acceptors (Lipinski definition) is 8. The molecule has 10 nitrogen and oxygen atoms in total. The lowest BCUT2D eigenvalue weighted by Gasteiger charge is -2.39. The van der Waals surface area contributed by atoms with Crippen LogP contribution in [0.15, 0.2) is 36.7 Å². The van der Waals surface area contributed by atoms with Gasteiger partial charge in [0.05, 0.1) is 29.4 Å². The fraction of sp³-hybridized carbons (Fsp3) is 0.385. The molecule has 1 saturated heterocycles. The third-order valence-corrected chi connectivity index (χ3v) is 6.13. The molecule has 0 radical (unpaired) electrons. The van der Waals surface area contributed by atoms with Gasteiger partial charge in [0.1, 0.15) is 17.7 Å². The first-order chi connectivity index (χ1) is 18.0. The summed E-state index contributed by atoms with van der Waals surface area (Å²) in [6, 6.07) is 7.41. The maximum Gasteiger partial charge on any atom is 0.415 e. The van der Waals surface area contributed by atoms with Crippen molar-refractivity contribution in [3.8, 4) is 11.5 Å². The Hall–Kier alpha value is -3.86. The molecule has 2 aromatic carbocycles. The van der Waals surface area contributed by atoms with Gasteiger partial charge in [-0.2, -0.15) is 0 Å². The van der Waals surface area contributed by atoms with Crippen molar-refractivity contribution < 1.29 is 28.2 Å². The SMILES string of the molecule is COc1cc2ncnc(Nc3cccc(Cl)c3F)c2cc1OC(=O)N1CCN(C(=O)OC(C)(C)C)CC1C. The molecule has 4 rings (SSSR count). The molecule has 202 valence electrons. The molecule has 1 aliphatic heterocycles. The molecule has 12 heteroatoms. The van der Waals surface area contributed by atoms with Gasteiger partial charge in [0.25, 0.3) is 0 Å². The molecule has 1 fully saturated rings. The number of anilines is 2. The number of nitrogens with one attached hydrogen (secondary N) is 1. The van der Waals surface area contributed by atoms with E-state index in [1.165, 1.54) is 30.5 Å². The van der Waals surface area contributed by atoms with Gasteiger partial charge in [-0.25, -0.2) is 23.9 Å². The van der Waals surface area contributed by atoms with Crippen molar-refractivity contribution in [2.24, 2.45) is 0 Å². The molecule has 1 aliphatic rings. The molecular weight excluding hydrogens is 517 g/mol. The Labute approximate surface area is 224 Å². The van der Waals surface area contributed by atoms with E-state index in [0.29, 0.717) is 24.0 Å². The van der Waals surface area contributed by atoms with Crippen molar-refractivity contribution in [3.63, 3.8) is 0 Å². The molecule has 1 aromatic heterocycles. The van der Waals surface area contributed by atoms with E-state index in [1.54, 1.807) is 43.9 Å². The van der Waals surface area contributed by atoms with Gasteiger partial charge < -0.3 is 29.3 Å². The summed E-state index contributed by atoms with van der Waals surface area (Å²) in [5.41, 5.74) is 0.00314. The van der Waals surface area contributed by atoms with E-state index in [4.69, 9.17) is 25.8 Å². The van der Waals surface area contributed by atoms with Gasteiger partial charge in [0.2, 0.25) is 0 Å². The number of rotatable bonds is 4. The monoisotopic (exact) mass is 545 g/mol. The Morgan fingerprint density at radius 2 is 1.89 bits per heavy atom. The Bertz CT molecular complexity index is 1370. The number of benzene rings is 2. The van der Waals surface area contributed by atoms with Crippen LogP contribution in [-0.2, 0) is 4.74 Å². The van der Waals surface area contributed by atoms with Crippen molar-refractivity contribution in [3.05, 3.63) is 47.5 Å². The number of amides is 2. The number of aromatic nitrogens is 2. The van der Waals surface area contributed by atoms with E-state index >= 15 is 0 Å². The van der Waals surface area contributed by atoms with Crippen LogP contribution < -0.4 is 14.8 Å². The van der Waals surface area contributed by atoms with E-state index in [-0.39, 0.29) is 40.6 Å². The predicted molar refractivity (Wildman–Crippen MR) is 141 cm³/mol. The quantitative estimate of drug-likeness (QED) is 0.450. The van der Waals surface area contributed by atoms with Crippen molar-refractivity contribution >= 4 is 46.2 Å². The highest BCUT2D eigenvalue weighted by molar-refractivity contribution is 6.31. The van der Waals surface area contributed by atoms with Crippen LogP contribution in [0.4, 0.5) is 25.5 Å². The number of fused-ring (bicyclic) bond motifs is 1. The first kappa shape index (κ1) is 27.2. The second-order valence-electron chi connectivity index (χ2n) is 9.81. The minimum Gasteiger partial charge on any atom is -0.493 e. The molecule has 38 heavy (non-hydrogen) atoms. The summed E-state index contributed by atoms with van der Waals surface area (Å²) in [5.74, 6) is 0.0803. The van der Waals surface area contributed by atoms with Gasteiger partial charge in [-0.3, -0.25) is 0 Å². The average Bonchev–Trinajstić information content (AvgIpc) is 2.85. The van der Waals surface area contributed by atoms with Crippen molar-refractivity contribution in [1.29, 1.82) is 0 Å². The van der Waals surface area contributed by atoms with Crippen LogP contribution in [0.2, 0.25) is 5.02 Å². The summed E-state index contributed by atoms with van der Waals surface area (Å²) in [5, 5.41) is 3.36. The van der Waals surface area contributed by atoms with E-state index in [9.17, 15) is 14.0 Å². The Morgan fingerprint density at radius 3 is 2.58 bits per heavy atom. The Morgan fingerprint density at radius 1 is 1.13 bits per heavy atom. The zero-order chi connectivity index (χ0) is 27.6. The van der Waals surface area contributed by atoms with Crippen molar-refractivity contribution in [1.82, 2.24) is 19.8 Å². The summed E-state index contributed by atoms with van der Waals surface area (Å²) >= 11 is 5.91. The van der Waals surface area contributed by atoms with Crippen LogP contribution >= 0.6 is 11.6 Å². The fourth-order valence-corrected chi connectivity index (χ4v) is 4.18. The van der Waals surface area contributed by atoms with Gasteiger partial charge >= 0.3 is 12.2 Å². The Kier molecular flexibility index (Phi) is 7.77. The van der Waals surface area contributed by atoms with Crippen LogP contribution in [0.25, 0.3) is 10.9 Å². The highest BCUT2D eigenvalue weighted by Crippen LogP contribution is 2.36.